The fraction of sp³-hybridized carbons (Fsp3) is 0.739. The summed E-state index contributed by atoms with van der Waals surface area (Å²) in [6.45, 7) is 21.7. The molecule has 3 heterocycles. The quantitative estimate of drug-likeness (QED) is 0.321. The zero-order chi connectivity index (χ0) is 25.4. The number of anilines is 1. The monoisotopic (exact) mass is 511 g/mol. The van der Waals surface area contributed by atoms with Crippen molar-refractivity contribution in [1.82, 2.24) is 9.55 Å². The van der Waals surface area contributed by atoms with Gasteiger partial charge in [0.25, 0.3) is 0 Å². The minimum absolute atomic E-state index is 0.180. The highest BCUT2D eigenvalue weighted by Crippen LogP contribution is 2.49. The SMILES string of the molecule is C=C1C(n2ccc(NCO)nc2=O)O[C@@H]2CO[Si](C(C)C)(C(C)C)O[Si](C(C)C)(C(C)C)O[C@@H]12. The van der Waals surface area contributed by atoms with Gasteiger partial charge in [-0.3, -0.25) is 4.57 Å². The fourth-order valence-corrected chi connectivity index (χ4v) is 16.3. The Morgan fingerprint density at radius 3 is 2.21 bits per heavy atom. The summed E-state index contributed by atoms with van der Waals surface area (Å²) >= 11 is 0. The highest BCUT2D eigenvalue weighted by atomic mass is 28.5. The van der Waals surface area contributed by atoms with Gasteiger partial charge in [0.05, 0.1) is 6.61 Å². The van der Waals surface area contributed by atoms with E-state index in [1.54, 1.807) is 12.3 Å². The molecule has 11 heteroatoms. The topological polar surface area (TPSA) is 104 Å². The Morgan fingerprint density at radius 2 is 1.71 bits per heavy atom. The highest BCUT2D eigenvalue weighted by molar-refractivity contribution is 6.84. The van der Waals surface area contributed by atoms with E-state index in [2.05, 4.69) is 72.3 Å². The average molecular weight is 512 g/mol. The first kappa shape index (κ1) is 27.2. The van der Waals surface area contributed by atoms with Crippen molar-refractivity contribution in [2.45, 2.75) is 96.0 Å². The molecule has 3 rings (SSSR count). The van der Waals surface area contributed by atoms with E-state index in [0.29, 0.717) is 18.0 Å². The van der Waals surface area contributed by atoms with Crippen LogP contribution in [0, 0.1) is 0 Å². The van der Waals surface area contributed by atoms with E-state index in [0.717, 1.165) is 0 Å². The van der Waals surface area contributed by atoms with Crippen LogP contribution < -0.4 is 11.0 Å². The zero-order valence-electron chi connectivity index (χ0n) is 21.7. The maximum absolute atomic E-state index is 12.7. The van der Waals surface area contributed by atoms with Crippen molar-refractivity contribution in [2.24, 2.45) is 0 Å². The maximum Gasteiger partial charge on any atom is 0.351 e. The van der Waals surface area contributed by atoms with Crippen LogP contribution in [-0.2, 0) is 17.7 Å². The number of aliphatic hydroxyl groups is 1. The van der Waals surface area contributed by atoms with Gasteiger partial charge in [0.1, 0.15) is 24.8 Å². The largest absolute Gasteiger partial charge is 0.414 e. The van der Waals surface area contributed by atoms with Crippen molar-refractivity contribution in [3.05, 3.63) is 34.9 Å². The summed E-state index contributed by atoms with van der Waals surface area (Å²) < 4.78 is 28.7. The molecule has 192 valence electrons. The lowest BCUT2D eigenvalue weighted by atomic mass is 10.1. The molecule has 2 saturated heterocycles. The number of ether oxygens (including phenoxy) is 1. The van der Waals surface area contributed by atoms with Crippen LogP contribution in [0.4, 0.5) is 5.82 Å². The second-order valence-electron chi connectivity index (χ2n) is 10.5. The first-order chi connectivity index (χ1) is 15.9. The van der Waals surface area contributed by atoms with E-state index >= 15 is 0 Å². The van der Waals surface area contributed by atoms with Crippen LogP contribution in [0.5, 0.6) is 0 Å². The molecule has 0 aliphatic carbocycles. The molecule has 0 radical (unpaired) electrons. The van der Waals surface area contributed by atoms with Gasteiger partial charge in [-0.15, -0.1) is 0 Å². The minimum atomic E-state index is -2.82. The summed E-state index contributed by atoms with van der Waals surface area (Å²) in [5.41, 5.74) is 0.982. The highest BCUT2D eigenvalue weighted by Gasteiger charge is 2.60. The number of fused-ring (bicyclic) bond motifs is 1. The van der Waals surface area contributed by atoms with Gasteiger partial charge in [-0.05, 0) is 28.2 Å². The van der Waals surface area contributed by atoms with Crippen LogP contribution in [0.1, 0.15) is 61.6 Å². The second kappa shape index (κ2) is 10.3. The third-order valence-electron chi connectivity index (χ3n) is 6.99. The van der Waals surface area contributed by atoms with Gasteiger partial charge in [-0.1, -0.05) is 62.0 Å². The van der Waals surface area contributed by atoms with Crippen molar-refractivity contribution in [1.29, 1.82) is 0 Å². The Kier molecular flexibility index (Phi) is 8.28. The summed E-state index contributed by atoms with van der Waals surface area (Å²) in [6.07, 6.45) is 0.0171. The van der Waals surface area contributed by atoms with Gasteiger partial charge in [-0.2, -0.15) is 4.98 Å². The van der Waals surface area contributed by atoms with Gasteiger partial charge in [0.15, 0.2) is 6.23 Å². The molecule has 1 aromatic heterocycles. The molecule has 2 N–H and O–H groups in total. The van der Waals surface area contributed by atoms with Crippen LogP contribution in [0.2, 0.25) is 22.2 Å². The number of nitrogens with one attached hydrogen (secondary N) is 1. The standard InChI is InChI=1S/C23H41N3O6Si2/c1-14(2)33(15(3)4)29-12-19-21(31-34(32-33,16(5)6)17(7)8)18(9)22(30-19)26-11-10-20(24-13-27)25-23(26)28/h10-11,14-17,19,21-22,27H,9,12-13H2,1-8H3,(H,24,25,28)/t19-,21+,22?/m1/s1. The Bertz CT molecular complexity index is 920. The predicted octanol–water partition coefficient (Wildman–Crippen LogP) is 4.02. The first-order valence-corrected chi connectivity index (χ1v) is 16.1. The molecule has 2 aliphatic heterocycles. The molecule has 0 amide bonds. The smallest absolute Gasteiger partial charge is 0.351 e. The van der Waals surface area contributed by atoms with Gasteiger partial charge < -0.3 is 28.1 Å². The molecule has 2 aliphatic rings. The number of hydrogen-bond acceptors (Lipinski definition) is 8. The van der Waals surface area contributed by atoms with Crippen molar-refractivity contribution in [2.75, 3.05) is 18.7 Å². The van der Waals surface area contributed by atoms with Crippen molar-refractivity contribution < 1.29 is 22.8 Å². The summed E-state index contributed by atoms with van der Waals surface area (Å²) in [6, 6.07) is 1.62. The van der Waals surface area contributed by atoms with Crippen LogP contribution >= 0.6 is 0 Å². The third kappa shape index (κ3) is 4.71. The fourth-order valence-electron chi connectivity index (χ4n) is 5.12. The van der Waals surface area contributed by atoms with Gasteiger partial charge in [0.2, 0.25) is 0 Å². The van der Waals surface area contributed by atoms with Gasteiger partial charge in [0, 0.05) is 11.8 Å². The van der Waals surface area contributed by atoms with Crippen molar-refractivity contribution >= 4 is 22.9 Å². The van der Waals surface area contributed by atoms with Crippen molar-refractivity contribution in [3.63, 3.8) is 0 Å². The minimum Gasteiger partial charge on any atom is -0.414 e. The number of hydrogen-bond donors (Lipinski definition) is 2. The van der Waals surface area contributed by atoms with Crippen LogP contribution in [-0.4, -0.2) is 57.3 Å². The maximum atomic E-state index is 12.7. The van der Waals surface area contributed by atoms with Gasteiger partial charge in [-0.25, -0.2) is 4.79 Å². The van der Waals surface area contributed by atoms with Crippen molar-refractivity contribution in [3.8, 4) is 0 Å². The summed E-state index contributed by atoms with van der Waals surface area (Å²) in [5.74, 6) is 0.294. The predicted molar refractivity (Wildman–Crippen MR) is 136 cm³/mol. The lowest BCUT2D eigenvalue weighted by Gasteiger charge is -2.51. The van der Waals surface area contributed by atoms with E-state index in [1.165, 1.54) is 4.57 Å². The normalized spacial score (nSPS) is 26.7. The molecule has 0 aromatic carbocycles. The number of aliphatic hydroxyl groups excluding tert-OH is 1. The molecule has 2 fully saturated rings. The van der Waals surface area contributed by atoms with E-state index in [9.17, 15) is 4.79 Å². The van der Waals surface area contributed by atoms with Crippen LogP contribution in [0.3, 0.4) is 0 Å². The number of aromatic nitrogens is 2. The Labute approximate surface area is 205 Å². The van der Waals surface area contributed by atoms with Crippen LogP contribution in [0.15, 0.2) is 29.2 Å². The zero-order valence-corrected chi connectivity index (χ0v) is 23.7. The summed E-state index contributed by atoms with van der Waals surface area (Å²) in [7, 11) is -5.49. The molecular weight excluding hydrogens is 470 g/mol. The van der Waals surface area contributed by atoms with Gasteiger partial charge >= 0.3 is 22.8 Å². The molecule has 1 unspecified atom stereocenters. The lowest BCUT2D eigenvalue weighted by Crippen LogP contribution is -2.65. The molecule has 0 saturated carbocycles. The molecule has 34 heavy (non-hydrogen) atoms. The van der Waals surface area contributed by atoms with E-state index < -0.39 is 41.2 Å². The Balaban J connectivity index is 2.04. The first-order valence-electron chi connectivity index (χ1n) is 12.2. The lowest BCUT2D eigenvalue weighted by molar-refractivity contribution is -0.0561. The number of nitrogens with zero attached hydrogens (tertiary/aromatic N) is 2. The molecule has 1 aromatic rings. The van der Waals surface area contributed by atoms with E-state index in [1.807, 2.05) is 0 Å². The Hall–Kier alpha value is -1.35. The molecule has 0 bridgehead atoms. The van der Waals surface area contributed by atoms with Crippen LogP contribution in [0.25, 0.3) is 0 Å². The molecule has 0 spiro atoms. The van der Waals surface area contributed by atoms with E-state index in [-0.39, 0.29) is 28.9 Å². The summed E-state index contributed by atoms with van der Waals surface area (Å²) in [5, 5.41) is 11.7. The summed E-state index contributed by atoms with van der Waals surface area (Å²) in [4.78, 5) is 16.7. The average Bonchev–Trinajstić information content (AvgIpc) is 3.02. The van der Waals surface area contributed by atoms with E-state index in [4.69, 9.17) is 22.8 Å². The Morgan fingerprint density at radius 1 is 1.12 bits per heavy atom. The second-order valence-corrected chi connectivity index (χ2v) is 19.3. The molecular formula is C23H41N3O6Si2. The molecule has 9 nitrogen and oxygen atoms in total. The molecule has 3 atom stereocenters. The number of rotatable bonds is 7. The third-order valence-corrected chi connectivity index (χ3v) is 17.2.